The van der Waals surface area contributed by atoms with Gasteiger partial charge in [-0.25, -0.2) is 5.01 Å². The lowest BCUT2D eigenvalue weighted by atomic mass is 10.0. The van der Waals surface area contributed by atoms with Gasteiger partial charge in [0.1, 0.15) is 5.75 Å². The third-order valence-electron chi connectivity index (χ3n) is 5.08. The number of hydrogen-bond acceptors (Lipinski definition) is 7. The summed E-state index contributed by atoms with van der Waals surface area (Å²) in [7, 11) is 1.51. The van der Waals surface area contributed by atoms with E-state index in [0.717, 1.165) is 0 Å². The molecule has 0 spiro atoms. The lowest BCUT2D eigenvalue weighted by Gasteiger charge is -2.26. The smallest absolute Gasteiger partial charge is 0.387 e. The van der Waals surface area contributed by atoms with Gasteiger partial charge in [0.2, 0.25) is 12.2 Å². The van der Waals surface area contributed by atoms with Gasteiger partial charge in [0.05, 0.1) is 28.3 Å². The summed E-state index contributed by atoms with van der Waals surface area (Å²) < 4.78 is 34.5. The van der Waals surface area contributed by atoms with Crippen molar-refractivity contribution in [2.24, 2.45) is 10.1 Å². The van der Waals surface area contributed by atoms with Crippen LogP contribution >= 0.6 is 23.2 Å². The number of guanidine groups is 1. The summed E-state index contributed by atoms with van der Waals surface area (Å²) in [6, 6.07) is 9.79. The zero-order valence-electron chi connectivity index (χ0n) is 19.5. The van der Waals surface area contributed by atoms with Crippen molar-refractivity contribution in [3.05, 3.63) is 58.1 Å². The lowest BCUT2D eigenvalue weighted by molar-refractivity contribution is -0.150. The quantitative estimate of drug-likeness (QED) is 0.239. The molecule has 194 valence electrons. The Hall–Kier alpha value is -3.95. The molecule has 0 aliphatic carbocycles. The fourth-order valence-electron chi connectivity index (χ4n) is 3.35. The number of carbonyl (C=O) groups is 2. The second-order valence-electron chi connectivity index (χ2n) is 7.56. The van der Waals surface area contributed by atoms with E-state index in [1.54, 1.807) is 30.5 Å². The molecule has 1 heterocycles. The van der Waals surface area contributed by atoms with E-state index in [1.165, 1.54) is 42.1 Å². The number of carbonyl (C=O) groups excluding carboxylic acids is 2. The van der Waals surface area contributed by atoms with Crippen molar-refractivity contribution in [3.63, 3.8) is 0 Å². The molecule has 2 aromatic rings. The Bertz CT molecular complexity index is 1280. The van der Waals surface area contributed by atoms with Gasteiger partial charge < -0.3 is 19.7 Å². The van der Waals surface area contributed by atoms with E-state index in [-0.39, 0.29) is 23.3 Å². The van der Waals surface area contributed by atoms with Crippen molar-refractivity contribution in [2.75, 3.05) is 25.5 Å². The number of hydrogen-bond donors (Lipinski definition) is 1. The number of benzene rings is 2. The highest BCUT2D eigenvalue weighted by molar-refractivity contribution is 6.42. The zero-order valence-corrected chi connectivity index (χ0v) is 21.0. The maximum atomic E-state index is 12.7. The molecule has 0 saturated carbocycles. The number of likely N-dealkylation sites (N-methyl/N-ethyl adjacent to an activating group) is 1. The molecule has 0 bridgehead atoms. The molecular weight excluding hydrogens is 533 g/mol. The van der Waals surface area contributed by atoms with Crippen molar-refractivity contribution in [2.45, 2.75) is 19.6 Å². The minimum atomic E-state index is -3.01. The Morgan fingerprint density at radius 3 is 2.70 bits per heavy atom. The van der Waals surface area contributed by atoms with Crippen molar-refractivity contribution >= 4 is 52.4 Å². The van der Waals surface area contributed by atoms with Crippen LogP contribution in [0.4, 0.5) is 14.5 Å². The van der Waals surface area contributed by atoms with Gasteiger partial charge in [0.15, 0.2) is 6.61 Å². The normalized spacial score (nSPS) is 15.2. The van der Waals surface area contributed by atoms with Gasteiger partial charge in [0.25, 0.3) is 5.91 Å². The first-order valence-electron chi connectivity index (χ1n) is 10.6. The fraction of sp³-hybridized carbons (Fsp3) is 0.261. The van der Waals surface area contributed by atoms with Gasteiger partial charge in [-0.1, -0.05) is 35.3 Å². The van der Waals surface area contributed by atoms with E-state index in [1.807, 2.05) is 0 Å². The second-order valence-corrected chi connectivity index (χ2v) is 8.38. The van der Waals surface area contributed by atoms with Crippen molar-refractivity contribution in [1.82, 2.24) is 9.91 Å². The summed E-state index contributed by atoms with van der Waals surface area (Å²) in [6.07, 6.45) is 1.67. The standard InChI is InChI=1S/C23H20Cl2F2N6O4/c1-13(34)36-11-20(35)32(2)19-10-33(31-21(19)14-6-7-17(24)18(25)8-14)23(29-12-28)30-15-4-3-5-16(9-15)37-22(26)27/h3-9,19,22H,10-11H2,1-2H3,(H,29,30). The monoisotopic (exact) mass is 552 g/mol. The highest BCUT2D eigenvalue weighted by Crippen LogP contribution is 2.27. The Labute approximate surface area is 220 Å². The third-order valence-corrected chi connectivity index (χ3v) is 5.82. The average molecular weight is 553 g/mol. The molecule has 1 atom stereocenters. The van der Waals surface area contributed by atoms with Crippen LogP contribution in [0.5, 0.6) is 5.75 Å². The fourth-order valence-corrected chi connectivity index (χ4v) is 3.65. The average Bonchev–Trinajstić information content (AvgIpc) is 3.28. The molecule has 1 N–H and O–H groups in total. The lowest BCUT2D eigenvalue weighted by Crippen LogP contribution is -2.46. The Kier molecular flexibility index (Phi) is 9.21. The Morgan fingerprint density at radius 2 is 2.05 bits per heavy atom. The van der Waals surface area contributed by atoms with Gasteiger partial charge >= 0.3 is 12.6 Å². The van der Waals surface area contributed by atoms with Crippen molar-refractivity contribution in [3.8, 4) is 11.9 Å². The number of esters is 1. The van der Waals surface area contributed by atoms with E-state index in [4.69, 9.17) is 27.9 Å². The Balaban J connectivity index is 1.94. The molecule has 0 radical (unpaired) electrons. The number of halogens is 4. The molecule has 10 nitrogen and oxygen atoms in total. The van der Waals surface area contributed by atoms with Crippen LogP contribution < -0.4 is 10.1 Å². The first-order chi connectivity index (χ1) is 17.6. The molecule has 37 heavy (non-hydrogen) atoms. The van der Waals surface area contributed by atoms with Crippen LogP contribution in [0.2, 0.25) is 10.0 Å². The molecule has 1 unspecified atom stereocenters. The van der Waals surface area contributed by atoms with Crippen LogP contribution in [0, 0.1) is 11.5 Å². The molecule has 2 aromatic carbocycles. The molecule has 0 saturated heterocycles. The van der Waals surface area contributed by atoms with E-state index in [9.17, 15) is 23.6 Å². The third kappa shape index (κ3) is 7.28. The van der Waals surface area contributed by atoms with Crippen molar-refractivity contribution < 1.29 is 27.8 Å². The number of nitrogens with zero attached hydrogens (tertiary/aromatic N) is 5. The summed E-state index contributed by atoms with van der Waals surface area (Å²) in [4.78, 5) is 29.0. The molecule has 0 fully saturated rings. The summed E-state index contributed by atoms with van der Waals surface area (Å²) in [5.41, 5.74) is 1.22. The highest BCUT2D eigenvalue weighted by Gasteiger charge is 2.35. The van der Waals surface area contributed by atoms with Gasteiger partial charge in [-0.15, -0.1) is 4.99 Å². The molecule has 1 aliphatic rings. The van der Waals surface area contributed by atoms with Gasteiger partial charge in [-0.05, 0) is 24.3 Å². The number of anilines is 1. The number of nitrogens with one attached hydrogen (secondary N) is 1. The van der Waals surface area contributed by atoms with Crippen LogP contribution in [0.3, 0.4) is 0 Å². The number of aliphatic imine (C=N–C) groups is 1. The number of rotatable bonds is 7. The predicted molar refractivity (Wildman–Crippen MR) is 133 cm³/mol. The number of nitriles is 1. The zero-order chi connectivity index (χ0) is 27.1. The first-order valence-corrected chi connectivity index (χ1v) is 11.3. The molecule has 3 rings (SSSR count). The largest absolute Gasteiger partial charge is 0.456 e. The SMILES string of the molecule is CC(=O)OCC(=O)N(C)C1CN(/C(=N\C#N)Nc2cccc(OC(F)F)c2)N=C1c1ccc(Cl)c(Cl)c1. The van der Waals surface area contributed by atoms with Crippen LogP contribution in [-0.4, -0.2) is 66.3 Å². The molecule has 1 aliphatic heterocycles. The highest BCUT2D eigenvalue weighted by atomic mass is 35.5. The second kappa shape index (κ2) is 12.3. The number of amides is 1. The van der Waals surface area contributed by atoms with E-state index >= 15 is 0 Å². The summed E-state index contributed by atoms with van der Waals surface area (Å²) in [5.74, 6) is -1.26. The summed E-state index contributed by atoms with van der Waals surface area (Å²) in [5, 5.41) is 18.6. The number of alkyl halides is 2. The van der Waals surface area contributed by atoms with E-state index < -0.39 is 31.1 Å². The van der Waals surface area contributed by atoms with E-state index in [2.05, 4.69) is 20.1 Å². The molecular formula is C23H20Cl2F2N6O4. The van der Waals surface area contributed by atoms with Crippen LogP contribution in [-0.2, 0) is 14.3 Å². The minimum Gasteiger partial charge on any atom is -0.456 e. The predicted octanol–water partition coefficient (Wildman–Crippen LogP) is 3.95. The van der Waals surface area contributed by atoms with E-state index in [0.29, 0.717) is 22.0 Å². The van der Waals surface area contributed by atoms with Gasteiger partial charge in [0, 0.05) is 31.3 Å². The summed E-state index contributed by atoms with van der Waals surface area (Å²) in [6.45, 7) is -2.27. The first kappa shape index (κ1) is 27.6. The minimum absolute atomic E-state index is 0.0403. The number of ether oxygens (including phenoxy) is 2. The maximum Gasteiger partial charge on any atom is 0.387 e. The summed E-state index contributed by atoms with van der Waals surface area (Å²) >= 11 is 12.2. The van der Waals surface area contributed by atoms with Crippen LogP contribution in [0.1, 0.15) is 12.5 Å². The molecule has 14 heteroatoms. The van der Waals surface area contributed by atoms with Gasteiger partial charge in [-0.2, -0.15) is 19.1 Å². The van der Waals surface area contributed by atoms with Gasteiger partial charge in [-0.3, -0.25) is 9.59 Å². The van der Waals surface area contributed by atoms with Crippen LogP contribution in [0.25, 0.3) is 0 Å². The molecule has 1 amide bonds. The topological polar surface area (TPSA) is 120 Å². The Morgan fingerprint density at radius 1 is 1.30 bits per heavy atom. The molecule has 0 aromatic heterocycles. The number of hydrazone groups is 1. The maximum absolute atomic E-state index is 12.7. The van der Waals surface area contributed by atoms with Crippen molar-refractivity contribution in [1.29, 1.82) is 5.26 Å². The van der Waals surface area contributed by atoms with Crippen LogP contribution in [0.15, 0.2) is 52.6 Å².